The number of nitrogens with one attached hydrogen (secondary N) is 2. The molecule has 2 aromatic carbocycles. The van der Waals surface area contributed by atoms with E-state index >= 15 is 0 Å². The zero-order valence-corrected chi connectivity index (χ0v) is 15.4. The Hall–Kier alpha value is -2.93. The lowest BCUT2D eigenvalue weighted by Crippen LogP contribution is -2.59. The minimum absolute atomic E-state index is 0.176. The zero-order valence-electron chi connectivity index (χ0n) is 14.7. The van der Waals surface area contributed by atoms with Crippen LogP contribution < -0.4 is 24.8 Å². The third kappa shape index (κ3) is 3.04. The lowest BCUT2D eigenvalue weighted by Gasteiger charge is -2.34. The number of benzene rings is 2. The molecule has 27 heavy (non-hydrogen) atoms. The Morgan fingerprint density at radius 3 is 2.74 bits per heavy atom. The summed E-state index contributed by atoms with van der Waals surface area (Å²) in [5, 5.41) is 5.96. The average Bonchev–Trinajstić information content (AvgIpc) is 3.10. The topological polar surface area (TPSA) is 85.9 Å². The number of halogens is 1. The first-order chi connectivity index (χ1) is 12.9. The zero-order chi connectivity index (χ0) is 19.2. The highest BCUT2D eigenvalue weighted by Crippen LogP contribution is 2.37. The van der Waals surface area contributed by atoms with Crippen molar-refractivity contribution >= 4 is 29.1 Å². The summed E-state index contributed by atoms with van der Waals surface area (Å²) in [6, 6.07) is 9.86. The van der Waals surface area contributed by atoms with Gasteiger partial charge in [-0.05, 0) is 49.7 Å². The molecular formula is C19H17ClN2O5. The van der Waals surface area contributed by atoms with Crippen molar-refractivity contribution in [2.45, 2.75) is 25.5 Å². The summed E-state index contributed by atoms with van der Waals surface area (Å²) in [4.78, 5) is 25.4. The number of carbonyl (C=O) groups is 2. The van der Waals surface area contributed by atoms with Crippen LogP contribution in [0.1, 0.15) is 25.5 Å². The van der Waals surface area contributed by atoms with Crippen LogP contribution in [0.4, 0.5) is 5.69 Å². The van der Waals surface area contributed by atoms with Crippen LogP contribution in [0.2, 0.25) is 5.02 Å². The first-order valence-electron chi connectivity index (χ1n) is 8.37. The largest absolute Gasteiger partial charge is 0.466 e. The van der Waals surface area contributed by atoms with Gasteiger partial charge in [-0.3, -0.25) is 9.59 Å². The number of hydrogen-bond acceptors (Lipinski definition) is 5. The van der Waals surface area contributed by atoms with E-state index in [-0.39, 0.29) is 12.8 Å². The fourth-order valence-corrected chi connectivity index (χ4v) is 3.12. The smallest absolute Gasteiger partial charge is 0.278 e. The van der Waals surface area contributed by atoms with E-state index in [4.69, 9.17) is 25.8 Å². The lowest BCUT2D eigenvalue weighted by atomic mass is 10.00. The second kappa shape index (κ2) is 6.35. The molecule has 0 saturated carbocycles. The second-order valence-electron chi connectivity index (χ2n) is 6.54. The van der Waals surface area contributed by atoms with E-state index < -0.39 is 17.4 Å². The van der Waals surface area contributed by atoms with Crippen molar-refractivity contribution in [1.29, 1.82) is 0 Å². The van der Waals surface area contributed by atoms with E-state index in [1.807, 2.05) is 13.0 Å². The van der Waals surface area contributed by atoms with E-state index in [0.717, 1.165) is 5.56 Å². The van der Waals surface area contributed by atoms with Crippen LogP contribution >= 0.6 is 11.6 Å². The number of hydrogen-bond donors (Lipinski definition) is 2. The predicted octanol–water partition coefficient (Wildman–Crippen LogP) is 3.04. The van der Waals surface area contributed by atoms with Gasteiger partial charge in [-0.25, -0.2) is 0 Å². The number of fused-ring (bicyclic) bond motifs is 2. The molecule has 2 atom stereocenters. The summed E-state index contributed by atoms with van der Waals surface area (Å²) in [7, 11) is 0. The third-order valence-electron chi connectivity index (χ3n) is 4.61. The summed E-state index contributed by atoms with van der Waals surface area (Å²) in [5.41, 5.74) is -0.452. The third-order valence-corrected chi connectivity index (χ3v) is 4.85. The standard InChI is InChI=1S/C19H17ClN2O5/c1-10(11-3-5-15-16(7-11)26-9-25-15)21-17(23)19(2)18(24)22-13-8-12(20)4-6-14(13)27-19/h3-8,10H,9H2,1-2H3,(H,21,23)(H,22,24). The summed E-state index contributed by atoms with van der Waals surface area (Å²) in [6.45, 7) is 3.42. The number of carbonyl (C=O) groups excluding carboxylic acids is 2. The molecule has 0 saturated heterocycles. The molecule has 2 amide bonds. The van der Waals surface area contributed by atoms with Crippen molar-refractivity contribution in [3.63, 3.8) is 0 Å². The highest BCUT2D eigenvalue weighted by Gasteiger charge is 2.47. The van der Waals surface area contributed by atoms with Crippen LogP contribution in [0.3, 0.4) is 0 Å². The van der Waals surface area contributed by atoms with Crippen molar-refractivity contribution < 1.29 is 23.8 Å². The van der Waals surface area contributed by atoms with Crippen molar-refractivity contribution in [2.24, 2.45) is 0 Å². The van der Waals surface area contributed by atoms with Gasteiger partial charge in [0.15, 0.2) is 11.5 Å². The van der Waals surface area contributed by atoms with Gasteiger partial charge in [0.1, 0.15) is 5.75 Å². The summed E-state index contributed by atoms with van der Waals surface area (Å²) >= 11 is 5.93. The maximum Gasteiger partial charge on any atom is 0.278 e. The molecule has 2 aromatic rings. The SMILES string of the molecule is CC(NC(=O)C1(C)Oc2ccc(Cl)cc2NC1=O)c1ccc2c(c1)OCO2. The van der Waals surface area contributed by atoms with Crippen molar-refractivity contribution in [2.75, 3.05) is 12.1 Å². The molecule has 2 aliphatic rings. The van der Waals surface area contributed by atoms with E-state index in [9.17, 15) is 9.59 Å². The molecule has 0 radical (unpaired) electrons. The van der Waals surface area contributed by atoms with Gasteiger partial charge in [-0.15, -0.1) is 0 Å². The minimum Gasteiger partial charge on any atom is -0.466 e. The second-order valence-corrected chi connectivity index (χ2v) is 6.97. The molecule has 0 bridgehead atoms. The molecule has 8 heteroatoms. The molecule has 2 unspecified atom stereocenters. The molecule has 140 valence electrons. The van der Waals surface area contributed by atoms with Crippen LogP contribution in [-0.2, 0) is 9.59 Å². The Kier molecular flexibility index (Phi) is 4.11. The van der Waals surface area contributed by atoms with E-state index in [2.05, 4.69) is 10.6 Å². The van der Waals surface area contributed by atoms with Gasteiger partial charge in [0.05, 0.1) is 11.7 Å². The van der Waals surface area contributed by atoms with Gasteiger partial charge in [0.25, 0.3) is 17.4 Å². The summed E-state index contributed by atoms with van der Waals surface area (Å²) in [6.07, 6.45) is 0. The van der Waals surface area contributed by atoms with Gasteiger partial charge in [0, 0.05) is 5.02 Å². The molecule has 0 aliphatic carbocycles. The fraction of sp³-hybridized carbons (Fsp3) is 0.263. The molecular weight excluding hydrogens is 372 g/mol. The number of amides is 2. The molecule has 7 nitrogen and oxygen atoms in total. The normalized spacial score (nSPS) is 20.9. The molecule has 2 heterocycles. The predicted molar refractivity (Wildman–Crippen MR) is 98.2 cm³/mol. The molecule has 4 rings (SSSR count). The minimum atomic E-state index is -1.70. The summed E-state index contributed by atoms with van der Waals surface area (Å²) < 4.78 is 16.4. The van der Waals surface area contributed by atoms with E-state index in [0.29, 0.717) is 28.0 Å². The van der Waals surface area contributed by atoms with Crippen LogP contribution in [-0.4, -0.2) is 24.2 Å². The quantitative estimate of drug-likeness (QED) is 0.789. The molecule has 0 fully saturated rings. The van der Waals surface area contributed by atoms with Gasteiger partial charge in [0.2, 0.25) is 6.79 Å². The monoisotopic (exact) mass is 388 g/mol. The summed E-state index contributed by atoms with van der Waals surface area (Å²) in [5.74, 6) is 0.553. The van der Waals surface area contributed by atoms with Gasteiger partial charge < -0.3 is 24.8 Å². The van der Waals surface area contributed by atoms with Crippen LogP contribution in [0.25, 0.3) is 0 Å². The Morgan fingerprint density at radius 1 is 1.19 bits per heavy atom. The highest BCUT2D eigenvalue weighted by molar-refractivity contribution is 6.31. The van der Waals surface area contributed by atoms with Gasteiger partial charge >= 0.3 is 0 Å². The maximum absolute atomic E-state index is 12.8. The van der Waals surface area contributed by atoms with E-state index in [1.54, 1.807) is 30.3 Å². The average molecular weight is 389 g/mol. The van der Waals surface area contributed by atoms with E-state index in [1.165, 1.54) is 6.92 Å². The lowest BCUT2D eigenvalue weighted by molar-refractivity contribution is -0.147. The van der Waals surface area contributed by atoms with Crippen molar-refractivity contribution in [3.05, 3.63) is 47.0 Å². The van der Waals surface area contributed by atoms with Gasteiger partial charge in [-0.1, -0.05) is 17.7 Å². The molecule has 2 N–H and O–H groups in total. The van der Waals surface area contributed by atoms with Crippen LogP contribution in [0, 0.1) is 0 Å². The number of anilines is 1. The van der Waals surface area contributed by atoms with Crippen molar-refractivity contribution in [3.8, 4) is 17.2 Å². The fourth-order valence-electron chi connectivity index (χ4n) is 2.95. The van der Waals surface area contributed by atoms with Gasteiger partial charge in [-0.2, -0.15) is 0 Å². The Bertz CT molecular complexity index is 948. The Morgan fingerprint density at radius 2 is 1.93 bits per heavy atom. The molecule has 2 aliphatic heterocycles. The van der Waals surface area contributed by atoms with Crippen molar-refractivity contribution in [1.82, 2.24) is 5.32 Å². The number of ether oxygens (including phenoxy) is 3. The molecule has 0 spiro atoms. The molecule has 0 aromatic heterocycles. The Labute approximate surface area is 160 Å². The highest BCUT2D eigenvalue weighted by atomic mass is 35.5. The maximum atomic E-state index is 12.8. The number of rotatable bonds is 3. The first-order valence-corrected chi connectivity index (χ1v) is 8.75. The van der Waals surface area contributed by atoms with Crippen LogP contribution in [0.5, 0.6) is 17.2 Å². The Balaban J connectivity index is 1.53. The first kappa shape index (κ1) is 17.5. The van der Waals surface area contributed by atoms with Crippen LogP contribution in [0.15, 0.2) is 36.4 Å².